The summed E-state index contributed by atoms with van der Waals surface area (Å²) in [5.74, 6) is 0.816. The molecule has 1 aromatic carbocycles. The number of nitrogens with zero attached hydrogens (tertiary/aromatic N) is 4. The predicted octanol–water partition coefficient (Wildman–Crippen LogP) is 4.87. The number of hydrogen-bond acceptors (Lipinski definition) is 7. The van der Waals surface area contributed by atoms with Crippen LogP contribution in [0.2, 0.25) is 0 Å². The van der Waals surface area contributed by atoms with Crippen LogP contribution < -0.4 is 5.32 Å². The number of aromatic nitrogens is 4. The van der Waals surface area contributed by atoms with E-state index in [2.05, 4.69) is 25.6 Å². The lowest BCUT2D eigenvalue weighted by atomic mass is 9.88. The third-order valence-corrected chi connectivity index (χ3v) is 6.20. The normalized spacial score (nSPS) is 16.1. The molecule has 8 nitrogen and oxygen atoms in total. The molecule has 1 aliphatic rings. The van der Waals surface area contributed by atoms with E-state index in [0.717, 1.165) is 44.1 Å². The molecule has 1 amide bonds. The monoisotopic (exact) mass is 431 g/mol. The van der Waals surface area contributed by atoms with Gasteiger partial charge in [-0.1, -0.05) is 66.3 Å². The van der Waals surface area contributed by atoms with Crippen LogP contribution in [0.1, 0.15) is 66.3 Å². The number of fused-ring (bicyclic) bond motifs is 1. The van der Waals surface area contributed by atoms with Gasteiger partial charge in [0.2, 0.25) is 5.89 Å². The number of hydrogen-bond donors (Lipinski definition) is 1. The summed E-state index contributed by atoms with van der Waals surface area (Å²) < 4.78 is 10.7. The van der Waals surface area contributed by atoms with Gasteiger partial charge in [0, 0.05) is 12.5 Å². The van der Waals surface area contributed by atoms with Gasteiger partial charge in [0.15, 0.2) is 5.82 Å². The maximum Gasteiger partial charge on any atom is 0.259 e. The van der Waals surface area contributed by atoms with Crippen molar-refractivity contribution in [3.63, 3.8) is 0 Å². The van der Waals surface area contributed by atoms with Crippen LogP contribution in [0.3, 0.4) is 0 Å². The maximum absolute atomic E-state index is 13.8. The van der Waals surface area contributed by atoms with Gasteiger partial charge in [0.25, 0.3) is 11.6 Å². The van der Waals surface area contributed by atoms with Crippen molar-refractivity contribution in [1.29, 1.82) is 0 Å². The van der Waals surface area contributed by atoms with Gasteiger partial charge in [-0.15, -0.1) is 0 Å². The molecule has 0 aliphatic heterocycles. The van der Waals surface area contributed by atoms with E-state index in [0.29, 0.717) is 39.8 Å². The summed E-state index contributed by atoms with van der Waals surface area (Å²) in [7, 11) is 0. The molecule has 3 heterocycles. The van der Waals surface area contributed by atoms with E-state index in [1.54, 1.807) is 6.92 Å². The van der Waals surface area contributed by atoms with E-state index in [4.69, 9.17) is 9.05 Å². The summed E-state index contributed by atoms with van der Waals surface area (Å²) in [6.45, 7) is 3.58. The highest BCUT2D eigenvalue weighted by atomic mass is 16.5. The number of aryl methyl sites for hydroxylation is 2. The maximum atomic E-state index is 13.8. The van der Waals surface area contributed by atoms with Crippen molar-refractivity contribution >= 4 is 17.0 Å². The Morgan fingerprint density at radius 2 is 1.72 bits per heavy atom. The predicted molar refractivity (Wildman–Crippen MR) is 118 cm³/mol. The summed E-state index contributed by atoms with van der Waals surface area (Å²) in [6, 6.07) is 11.5. The summed E-state index contributed by atoms with van der Waals surface area (Å²) in [5, 5.41) is 12.2. The zero-order valence-electron chi connectivity index (χ0n) is 18.2. The fourth-order valence-electron chi connectivity index (χ4n) is 4.55. The van der Waals surface area contributed by atoms with E-state index < -0.39 is 5.54 Å². The molecule has 1 N–H and O–H groups in total. The first-order valence-electron chi connectivity index (χ1n) is 11.0. The minimum Gasteiger partial charge on any atom is -0.340 e. The van der Waals surface area contributed by atoms with Crippen LogP contribution in [0.5, 0.6) is 0 Å². The van der Waals surface area contributed by atoms with E-state index in [1.165, 1.54) is 0 Å². The van der Waals surface area contributed by atoms with Crippen molar-refractivity contribution in [3.8, 4) is 11.3 Å². The molecule has 1 fully saturated rings. The fourth-order valence-corrected chi connectivity index (χ4v) is 4.55. The van der Waals surface area contributed by atoms with E-state index in [-0.39, 0.29) is 5.91 Å². The molecule has 0 spiro atoms. The van der Waals surface area contributed by atoms with E-state index >= 15 is 0 Å². The summed E-state index contributed by atoms with van der Waals surface area (Å²) in [5.41, 5.74) is 2.34. The number of rotatable bonds is 4. The minimum atomic E-state index is -0.668. The molecule has 0 radical (unpaired) electrons. The average molecular weight is 431 g/mol. The van der Waals surface area contributed by atoms with Gasteiger partial charge in [-0.25, -0.2) is 4.98 Å². The number of nitrogens with one attached hydrogen (secondary N) is 1. The second kappa shape index (κ2) is 8.18. The lowest BCUT2D eigenvalue weighted by molar-refractivity contribution is 0.0878. The Balaban J connectivity index is 1.59. The molecule has 0 bridgehead atoms. The summed E-state index contributed by atoms with van der Waals surface area (Å²) >= 11 is 0. The van der Waals surface area contributed by atoms with Crippen LogP contribution in [-0.4, -0.2) is 26.2 Å². The molecular weight excluding hydrogens is 406 g/mol. The highest BCUT2D eigenvalue weighted by Gasteiger charge is 2.39. The standard InChI is InChI=1S/C24H25N5O3/c1-15-20-18(14-19(26-22(20)32-28-15)17-10-6-5-7-11-17)21(30)27-24(12-8-3-4-9-13-24)23-25-16(2)31-29-23/h5-7,10-11,14H,3-4,8-9,12-13H2,1-2H3,(H,27,30). The molecule has 0 atom stereocenters. The second-order valence-electron chi connectivity index (χ2n) is 8.46. The number of amides is 1. The largest absolute Gasteiger partial charge is 0.340 e. The molecule has 3 aromatic heterocycles. The molecular formula is C24H25N5O3. The number of benzene rings is 1. The Hall–Kier alpha value is -3.55. The Labute approximate surface area is 185 Å². The quantitative estimate of drug-likeness (QED) is 0.459. The van der Waals surface area contributed by atoms with E-state index in [1.807, 2.05) is 43.3 Å². The molecule has 4 aromatic rings. The molecule has 32 heavy (non-hydrogen) atoms. The van der Waals surface area contributed by atoms with Gasteiger partial charge < -0.3 is 14.4 Å². The number of pyridine rings is 1. The summed E-state index contributed by atoms with van der Waals surface area (Å²) in [4.78, 5) is 22.9. The molecule has 0 unspecified atom stereocenters. The van der Waals surface area contributed by atoms with Crippen LogP contribution in [0.25, 0.3) is 22.4 Å². The minimum absolute atomic E-state index is 0.217. The second-order valence-corrected chi connectivity index (χ2v) is 8.46. The Morgan fingerprint density at radius 3 is 2.41 bits per heavy atom. The molecule has 8 heteroatoms. The van der Waals surface area contributed by atoms with Gasteiger partial charge in [0.1, 0.15) is 5.54 Å². The van der Waals surface area contributed by atoms with Crippen LogP contribution in [0, 0.1) is 13.8 Å². The van der Waals surface area contributed by atoms with Crippen molar-refractivity contribution in [3.05, 3.63) is 59.4 Å². The first-order valence-corrected chi connectivity index (χ1v) is 11.0. The fraction of sp³-hybridized carbons (Fsp3) is 0.375. The Kier molecular flexibility index (Phi) is 5.20. The van der Waals surface area contributed by atoms with Crippen LogP contribution >= 0.6 is 0 Å². The van der Waals surface area contributed by atoms with Crippen molar-refractivity contribution in [1.82, 2.24) is 25.6 Å². The van der Waals surface area contributed by atoms with Gasteiger partial charge in [0.05, 0.1) is 22.3 Å². The highest BCUT2D eigenvalue weighted by molar-refractivity contribution is 6.07. The lowest BCUT2D eigenvalue weighted by Crippen LogP contribution is -2.46. The van der Waals surface area contributed by atoms with Crippen molar-refractivity contribution in [2.75, 3.05) is 0 Å². The average Bonchev–Trinajstić information content (AvgIpc) is 3.33. The smallest absolute Gasteiger partial charge is 0.259 e. The zero-order valence-corrected chi connectivity index (χ0v) is 18.2. The lowest BCUT2D eigenvalue weighted by Gasteiger charge is -2.31. The van der Waals surface area contributed by atoms with Gasteiger partial charge >= 0.3 is 0 Å². The van der Waals surface area contributed by atoms with Crippen LogP contribution in [0.15, 0.2) is 45.4 Å². The number of carbonyl (C=O) groups is 1. The van der Waals surface area contributed by atoms with Gasteiger partial charge in [-0.2, -0.15) is 4.98 Å². The number of carbonyl (C=O) groups excluding carboxylic acids is 1. The van der Waals surface area contributed by atoms with Gasteiger partial charge in [-0.05, 0) is 25.8 Å². The van der Waals surface area contributed by atoms with E-state index in [9.17, 15) is 4.79 Å². The van der Waals surface area contributed by atoms with Crippen molar-refractivity contribution in [2.45, 2.75) is 57.9 Å². The SMILES string of the molecule is Cc1nc(C2(NC(=O)c3cc(-c4ccccc4)nc4onc(C)c34)CCCCCC2)no1. The van der Waals surface area contributed by atoms with Crippen molar-refractivity contribution < 1.29 is 13.8 Å². The Bertz CT molecular complexity index is 1250. The molecule has 5 rings (SSSR count). The zero-order chi connectivity index (χ0) is 22.1. The van der Waals surface area contributed by atoms with Crippen LogP contribution in [-0.2, 0) is 5.54 Å². The van der Waals surface area contributed by atoms with Gasteiger partial charge in [-0.3, -0.25) is 4.79 Å². The molecule has 0 saturated heterocycles. The molecule has 164 valence electrons. The first kappa shape index (κ1) is 20.4. The third-order valence-electron chi connectivity index (χ3n) is 6.20. The first-order chi connectivity index (χ1) is 15.6. The summed E-state index contributed by atoms with van der Waals surface area (Å²) in [6.07, 6.45) is 5.75. The highest BCUT2D eigenvalue weighted by Crippen LogP contribution is 2.36. The molecule has 1 saturated carbocycles. The third kappa shape index (κ3) is 3.66. The Morgan fingerprint density at radius 1 is 0.969 bits per heavy atom. The molecule has 1 aliphatic carbocycles. The van der Waals surface area contributed by atoms with Crippen LogP contribution in [0.4, 0.5) is 0 Å². The van der Waals surface area contributed by atoms with Crippen molar-refractivity contribution in [2.24, 2.45) is 0 Å². The topological polar surface area (TPSA) is 107 Å².